The SMILES string of the molecule is CCN(CC)c1ccc2cc(C(=S)NN)c(=O)oc2c1. The van der Waals surface area contributed by atoms with Crippen LogP contribution in [-0.2, 0) is 0 Å². The molecule has 0 unspecified atom stereocenters. The quantitative estimate of drug-likeness (QED) is 0.387. The minimum absolute atomic E-state index is 0.175. The monoisotopic (exact) mass is 291 g/mol. The fourth-order valence-corrected chi connectivity index (χ4v) is 2.26. The van der Waals surface area contributed by atoms with Crippen molar-refractivity contribution in [3.8, 4) is 0 Å². The third-order valence-electron chi connectivity index (χ3n) is 3.22. The first-order chi connectivity index (χ1) is 9.60. The van der Waals surface area contributed by atoms with E-state index in [4.69, 9.17) is 22.5 Å². The Balaban J connectivity index is 2.55. The number of thiocarbonyl (C=S) groups is 1. The van der Waals surface area contributed by atoms with E-state index in [0.29, 0.717) is 5.58 Å². The smallest absolute Gasteiger partial charge is 0.346 e. The number of nitrogens with two attached hydrogens (primary N) is 1. The molecule has 0 fully saturated rings. The van der Waals surface area contributed by atoms with Crippen LogP contribution in [0.1, 0.15) is 19.4 Å². The highest BCUT2D eigenvalue weighted by atomic mass is 32.1. The van der Waals surface area contributed by atoms with Gasteiger partial charge >= 0.3 is 5.63 Å². The Morgan fingerprint density at radius 2 is 2.05 bits per heavy atom. The maximum atomic E-state index is 11.9. The minimum Gasteiger partial charge on any atom is -0.422 e. The summed E-state index contributed by atoms with van der Waals surface area (Å²) in [5, 5.41) is 0.813. The molecule has 2 aromatic rings. The van der Waals surface area contributed by atoms with Gasteiger partial charge in [0.2, 0.25) is 0 Å². The summed E-state index contributed by atoms with van der Waals surface area (Å²) in [6.07, 6.45) is 0. The highest BCUT2D eigenvalue weighted by Gasteiger charge is 2.10. The molecule has 5 nitrogen and oxygen atoms in total. The normalized spacial score (nSPS) is 10.6. The van der Waals surface area contributed by atoms with Crippen molar-refractivity contribution in [2.45, 2.75) is 13.8 Å². The molecule has 3 N–H and O–H groups in total. The van der Waals surface area contributed by atoms with Crippen LogP contribution in [0, 0.1) is 0 Å². The lowest BCUT2D eigenvalue weighted by Crippen LogP contribution is -2.32. The Morgan fingerprint density at radius 3 is 2.65 bits per heavy atom. The molecule has 0 amide bonds. The van der Waals surface area contributed by atoms with E-state index in [9.17, 15) is 4.79 Å². The van der Waals surface area contributed by atoms with Crippen LogP contribution in [0.25, 0.3) is 11.0 Å². The van der Waals surface area contributed by atoms with Crippen LogP contribution in [0.2, 0.25) is 0 Å². The van der Waals surface area contributed by atoms with E-state index in [1.54, 1.807) is 6.07 Å². The minimum atomic E-state index is -0.489. The first-order valence-electron chi connectivity index (χ1n) is 6.44. The third-order valence-corrected chi connectivity index (χ3v) is 3.56. The van der Waals surface area contributed by atoms with Crippen molar-refractivity contribution < 1.29 is 4.42 Å². The van der Waals surface area contributed by atoms with E-state index in [1.807, 2.05) is 18.2 Å². The van der Waals surface area contributed by atoms with E-state index in [0.717, 1.165) is 24.2 Å². The van der Waals surface area contributed by atoms with Gasteiger partial charge in [-0.25, -0.2) is 10.6 Å². The largest absolute Gasteiger partial charge is 0.422 e. The van der Waals surface area contributed by atoms with Gasteiger partial charge in [-0.1, -0.05) is 12.2 Å². The first kappa shape index (κ1) is 14.5. The van der Waals surface area contributed by atoms with E-state index in [2.05, 4.69) is 24.2 Å². The molecule has 0 saturated heterocycles. The van der Waals surface area contributed by atoms with Gasteiger partial charge in [-0.3, -0.25) is 0 Å². The Hall–Kier alpha value is -1.92. The van der Waals surface area contributed by atoms with Crippen molar-refractivity contribution in [2.24, 2.45) is 5.84 Å². The molecule has 1 heterocycles. The predicted octanol–water partition coefficient (Wildman–Crippen LogP) is 1.78. The Bertz CT molecular complexity index is 692. The number of nitrogens with zero attached hydrogens (tertiary/aromatic N) is 1. The summed E-state index contributed by atoms with van der Waals surface area (Å²) in [6.45, 7) is 5.95. The predicted molar refractivity (Wildman–Crippen MR) is 85.1 cm³/mol. The lowest BCUT2D eigenvalue weighted by Gasteiger charge is -2.21. The molecule has 20 heavy (non-hydrogen) atoms. The van der Waals surface area contributed by atoms with E-state index in [-0.39, 0.29) is 10.6 Å². The van der Waals surface area contributed by atoms with Crippen molar-refractivity contribution in [3.63, 3.8) is 0 Å². The molecular formula is C14H17N3O2S. The van der Waals surface area contributed by atoms with Crippen molar-refractivity contribution in [1.29, 1.82) is 0 Å². The van der Waals surface area contributed by atoms with Gasteiger partial charge in [0.25, 0.3) is 0 Å². The second kappa shape index (κ2) is 6.02. The molecule has 0 radical (unpaired) electrons. The number of rotatable bonds is 4. The zero-order chi connectivity index (χ0) is 14.7. The van der Waals surface area contributed by atoms with E-state index >= 15 is 0 Å². The highest BCUT2D eigenvalue weighted by molar-refractivity contribution is 7.80. The number of hydrogen-bond donors (Lipinski definition) is 2. The van der Waals surface area contributed by atoms with Crippen LogP contribution in [0.3, 0.4) is 0 Å². The van der Waals surface area contributed by atoms with Gasteiger partial charge in [0.1, 0.15) is 10.6 Å². The van der Waals surface area contributed by atoms with Crippen LogP contribution in [0.5, 0.6) is 0 Å². The molecule has 106 valence electrons. The molecule has 0 saturated carbocycles. The van der Waals surface area contributed by atoms with Crippen LogP contribution in [0.15, 0.2) is 33.5 Å². The van der Waals surface area contributed by atoms with Crippen molar-refractivity contribution in [2.75, 3.05) is 18.0 Å². The average molecular weight is 291 g/mol. The molecule has 0 atom stereocenters. The molecule has 6 heteroatoms. The number of fused-ring (bicyclic) bond motifs is 1. The summed E-state index contributed by atoms with van der Waals surface area (Å²) in [5.74, 6) is 5.24. The van der Waals surface area contributed by atoms with E-state index in [1.165, 1.54) is 0 Å². The van der Waals surface area contributed by atoms with Gasteiger partial charge in [0.05, 0.1) is 5.56 Å². The molecular weight excluding hydrogens is 274 g/mol. The van der Waals surface area contributed by atoms with Crippen LogP contribution < -0.4 is 21.8 Å². The van der Waals surface area contributed by atoms with Crippen LogP contribution in [-0.4, -0.2) is 18.1 Å². The lowest BCUT2D eigenvalue weighted by molar-refractivity contribution is 0.559. The molecule has 2 rings (SSSR count). The van der Waals surface area contributed by atoms with Gasteiger partial charge in [-0.05, 0) is 32.0 Å². The molecule has 0 spiro atoms. The molecule has 0 bridgehead atoms. The number of hydrogen-bond acceptors (Lipinski definition) is 5. The third kappa shape index (κ3) is 2.66. The molecule has 1 aromatic heterocycles. The van der Waals surface area contributed by atoms with Gasteiger partial charge in [-0.15, -0.1) is 0 Å². The average Bonchev–Trinajstić information content (AvgIpc) is 2.47. The summed E-state index contributed by atoms with van der Waals surface area (Å²) < 4.78 is 5.33. The van der Waals surface area contributed by atoms with Crippen molar-refractivity contribution in [1.82, 2.24) is 5.43 Å². The Morgan fingerprint density at radius 1 is 1.35 bits per heavy atom. The standard InChI is InChI=1S/C14H17N3O2S/c1-3-17(4-2)10-6-5-9-7-11(13(20)16-15)14(18)19-12(9)8-10/h5-8H,3-4,15H2,1-2H3,(H,16,20). The molecule has 0 aliphatic heterocycles. The molecule has 0 aliphatic rings. The molecule has 1 aromatic carbocycles. The van der Waals surface area contributed by atoms with Gasteiger partial charge in [0.15, 0.2) is 0 Å². The zero-order valence-corrected chi connectivity index (χ0v) is 12.3. The Kier molecular flexibility index (Phi) is 4.36. The van der Waals surface area contributed by atoms with Crippen LogP contribution in [0.4, 0.5) is 5.69 Å². The van der Waals surface area contributed by atoms with Gasteiger partial charge in [0, 0.05) is 30.2 Å². The van der Waals surface area contributed by atoms with Crippen molar-refractivity contribution in [3.05, 3.63) is 40.2 Å². The van der Waals surface area contributed by atoms with Gasteiger partial charge < -0.3 is 14.7 Å². The summed E-state index contributed by atoms with van der Waals surface area (Å²) in [4.78, 5) is 14.2. The molecule has 0 aliphatic carbocycles. The maximum absolute atomic E-state index is 11.9. The summed E-state index contributed by atoms with van der Waals surface area (Å²) in [6, 6.07) is 7.47. The van der Waals surface area contributed by atoms with Crippen molar-refractivity contribution >= 4 is 33.9 Å². The second-order valence-electron chi connectivity index (χ2n) is 4.32. The van der Waals surface area contributed by atoms with Gasteiger partial charge in [-0.2, -0.15) is 0 Å². The number of hydrazine groups is 1. The summed E-state index contributed by atoms with van der Waals surface area (Å²) in [5.41, 5.74) is 3.65. The van der Waals surface area contributed by atoms with Crippen LogP contribution >= 0.6 is 12.2 Å². The Labute approximate surface area is 122 Å². The first-order valence-corrected chi connectivity index (χ1v) is 6.85. The number of nitrogens with one attached hydrogen (secondary N) is 1. The van der Waals surface area contributed by atoms with E-state index < -0.39 is 5.63 Å². The zero-order valence-electron chi connectivity index (χ0n) is 11.5. The lowest BCUT2D eigenvalue weighted by atomic mass is 10.1. The fourth-order valence-electron chi connectivity index (χ4n) is 2.12. The number of anilines is 1. The summed E-state index contributed by atoms with van der Waals surface area (Å²) in [7, 11) is 0. The maximum Gasteiger partial charge on any atom is 0.346 e. The number of benzene rings is 1. The highest BCUT2D eigenvalue weighted by Crippen LogP contribution is 2.21. The second-order valence-corrected chi connectivity index (χ2v) is 4.72. The fraction of sp³-hybridized carbons (Fsp3) is 0.286. The summed E-state index contributed by atoms with van der Waals surface area (Å²) >= 11 is 4.97. The topological polar surface area (TPSA) is 71.5 Å².